The first-order valence-electron chi connectivity index (χ1n) is 11.0. The summed E-state index contributed by atoms with van der Waals surface area (Å²) in [6, 6.07) is 23.2. The van der Waals surface area contributed by atoms with Crippen LogP contribution in [0.5, 0.6) is 11.5 Å². The average molecular weight is 433 g/mol. The van der Waals surface area contributed by atoms with Crippen molar-refractivity contribution in [2.24, 2.45) is 5.92 Å². The van der Waals surface area contributed by atoms with Crippen LogP contribution in [0.2, 0.25) is 0 Å². The fourth-order valence-electron chi connectivity index (χ4n) is 3.98. The van der Waals surface area contributed by atoms with Crippen LogP contribution in [-0.4, -0.2) is 30.9 Å². The van der Waals surface area contributed by atoms with Crippen molar-refractivity contribution in [1.82, 2.24) is 0 Å². The summed E-state index contributed by atoms with van der Waals surface area (Å²) in [5, 5.41) is 10.9. The molecule has 3 aromatic carbocycles. The zero-order chi connectivity index (χ0) is 22.3. The quantitative estimate of drug-likeness (QED) is 0.520. The lowest BCUT2D eigenvalue weighted by atomic mass is 9.87. The molecule has 5 heteroatoms. The Morgan fingerprint density at radius 2 is 1.81 bits per heavy atom. The molecule has 166 valence electrons. The van der Waals surface area contributed by atoms with E-state index in [1.165, 1.54) is 5.56 Å². The third kappa shape index (κ3) is 5.11. The largest absolute Gasteiger partial charge is 0.493 e. The molecule has 1 N–H and O–H groups in total. The minimum atomic E-state index is -0.555. The summed E-state index contributed by atoms with van der Waals surface area (Å²) in [6.07, 6.45) is 0.870. The molecule has 1 heterocycles. The van der Waals surface area contributed by atoms with Gasteiger partial charge in [0.1, 0.15) is 17.1 Å². The van der Waals surface area contributed by atoms with Crippen molar-refractivity contribution in [3.05, 3.63) is 95.1 Å². The van der Waals surface area contributed by atoms with Crippen molar-refractivity contribution in [3.8, 4) is 11.5 Å². The van der Waals surface area contributed by atoms with Gasteiger partial charge in [0.15, 0.2) is 0 Å². The second-order valence-electron chi connectivity index (χ2n) is 7.89. The topological polar surface area (TPSA) is 65.0 Å². The predicted molar refractivity (Wildman–Crippen MR) is 122 cm³/mol. The van der Waals surface area contributed by atoms with Crippen molar-refractivity contribution in [3.63, 3.8) is 0 Å². The van der Waals surface area contributed by atoms with Gasteiger partial charge < -0.3 is 19.3 Å². The van der Waals surface area contributed by atoms with E-state index in [4.69, 9.17) is 14.2 Å². The van der Waals surface area contributed by atoms with Gasteiger partial charge in [0.05, 0.1) is 25.9 Å². The number of carbonyl (C=O) groups is 1. The summed E-state index contributed by atoms with van der Waals surface area (Å²) < 4.78 is 17.0. The fraction of sp³-hybridized carbons (Fsp3) is 0.296. The summed E-state index contributed by atoms with van der Waals surface area (Å²) in [4.78, 5) is 12.1. The van der Waals surface area contributed by atoms with Gasteiger partial charge in [0, 0.05) is 17.9 Å². The average Bonchev–Trinajstić information content (AvgIpc) is 2.82. The van der Waals surface area contributed by atoms with E-state index in [-0.39, 0.29) is 11.9 Å². The van der Waals surface area contributed by atoms with Gasteiger partial charge in [-0.1, -0.05) is 54.6 Å². The molecule has 0 saturated heterocycles. The highest BCUT2D eigenvalue weighted by Gasteiger charge is 2.29. The van der Waals surface area contributed by atoms with E-state index in [9.17, 15) is 9.90 Å². The van der Waals surface area contributed by atoms with Crippen molar-refractivity contribution >= 4 is 5.97 Å². The van der Waals surface area contributed by atoms with Gasteiger partial charge in [0.25, 0.3) is 0 Å². The summed E-state index contributed by atoms with van der Waals surface area (Å²) in [5.74, 6) is 0.883. The number of esters is 1. The number of para-hydroxylation sites is 1. The standard InChI is InChI=1S/C27H28O5/c1-2-30-27(29)23-10-6-7-11-24(23)31-15-14-20-12-13-22-25(17-20)32-18-21(26(22)28)16-19-8-4-3-5-9-19/h3-13,17,21,26,28H,2,14-16,18H2,1H3. The second-order valence-corrected chi connectivity index (χ2v) is 7.89. The number of rotatable bonds is 8. The number of ether oxygens (including phenoxy) is 3. The Kier molecular flexibility index (Phi) is 7.07. The van der Waals surface area contributed by atoms with Crippen molar-refractivity contribution < 1.29 is 24.1 Å². The fourth-order valence-corrected chi connectivity index (χ4v) is 3.98. The highest BCUT2D eigenvalue weighted by molar-refractivity contribution is 5.92. The molecule has 0 radical (unpaired) electrons. The predicted octanol–water partition coefficient (Wildman–Crippen LogP) is 4.77. The first-order chi connectivity index (χ1) is 15.7. The smallest absolute Gasteiger partial charge is 0.341 e. The molecule has 3 aromatic rings. The van der Waals surface area contributed by atoms with Gasteiger partial charge >= 0.3 is 5.97 Å². The molecule has 0 fully saturated rings. The van der Waals surface area contributed by atoms with E-state index in [1.807, 2.05) is 42.5 Å². The van der Waals surface area contributed by atoms with Crippen LogP contribution < -0.4 is 9.47 Å². The highest BCUT2D eigenvalue weighted by Crippen LogP contribution is 2.37. The van der Waals surface area contributed by atoms with Gasteiger partial charge in [-0.25, -0.2) is 4.79 Å². The Morgan fingerprint density at radius 3 is 2.62 bits per heavy atom. The number of carbonyl (C=O) groups excluding carboxylic acids is 1. The Labute approximate surface area is 188 Å². The first kappa shape index (κ1) is 21.9. The molecule has 0 aliphatic carbocycles. The maximum absolute atomic E-state index is 12.1. The zero-order valence-electron chi connectivity index (χ0n) is 18.2. The molecule has 2 unspecified atom stereocenters. The number of aliphatic hydroxyl groups excluding tert-OH is 1. The molecule has 0 bridgehead atoms. The lowest BCUT2D eigenvalue weighted by Crippen LogP contribution is -2.27. The SMILES string of the molecule is CCOC(=O)c1ccccc1OCCc1ccc2c(c1)OCC(Cc1ccccc1)C2O. The molecule has 0 spiro atoms. The Hall–Kier alpha value is -3.31. The maximum Gasteiger partial charge on any atom is 0.341 e. The van der Waals surface area contributed by atoms with E-state index >= 15 is 0 Å². The van der Waals surface area contributed by atoms with Gasteiger partial charge in [-0.2, -0.15) is 0 Å². The molecule has 4 rings (SSSR count). The Morgan fingerprint density at radius 1 is 1.03 bits per heavy atom. The van der Waals surface area contributed by atoms with Gasteiger partial charge in [-0.15, -0.1) is 0 Å². The minimum absolute atomic E-state index is 0.0264. The number of hydrogen-bond donors (Lipinski definition) is 1. The van der Waals surface area contributed by atoms with E-state index in [2.05, 4.69) is 12.1 Å². The number of hydrogen-bond acceptors (Lipinski definition) is 5. The number of benzene rings is 3. The van der Waals surface area contributed by atoms with Crippen LogP contribution in [0.25, 0.3) is 0 Å². The first-order valence-corrected chi connectivity index (χ1v) is 11.0. The van der Waals surface area contributed by atoms with E-state index in [0.717, 1.165) is 23.3 Å². The second kappa shape index (κ2) is 10.3. The molecule has 0 saturated carbocycles. The molecular formula is C27H28O5. The monoisotopic (exact) mass is 432 g/mol. The van der Waals surface area contributed by atoms with Gasteiger partial charge in [-0.05, 0) is 42.7 Å². The summed E-state index contributed by atoms with van der Waals surface area (Å²) in [6.45, 7) is 2.99. The number of fused-ring (bicyclic) bond motifs is 1. The summed E-state index contributed by atoms with van der Waals surface area (Å²) in [7, 11) is 0. The molecule has 1 aliphatic heterocycles. The maximum atomic E-state index is 12.1. The van der Waals surface area contributed by atoms with Crippen molar-refractivity contribution in [1.29, 1.82) is 0 Å². The molecule has 0 aromatic heterocycles. The molecule has 2 atom stereocenters. The zero-order valence-corrected chi connectivity index (χ0v) is 18.2. The van der Waals surface area contributed by atoms with Crippen LogP contribution in [0.1, 0.15) is 40.1 Å². The van der Waals surface area contributed by atoms with Gasteiger partial charge in [-0.3, -0.25) is 0 Å². The van der Waals surface area contributed by atoms with E-state index < -0.39 is 6.10 Å². The van der Waals surface area contributed by atoms with Crippen LogP contribution >= 0.6 is 0 Å². The molecule has 0 amide bonds. The van der Waals surface area contributed by atoms with E-state index in [1.54, 1.807) is 25.1 Å². The van der Waals surface area contributed by atoms with E-state index in [0.29, 0.717) is 37.6 Å². The van der Waals surface area contributed by atoms with Crippen LogP contribution in [0, 0.1) is 5.92 Å². The lowest BCUT2D eigenvalue weighted by molar-refractivity contribution is 0.0506. The summed E-state index contributed by atoms with van der Waals surface area (Å²) >= 11 is 0. The lowest BCUT2D eigenvalue weighted by Gasteiger charge is -2.30. The minimum Gasteiger partial charge on any atom is -0.493 e. The van der Waals surface area contributed by atoms with Crippen LogP contribution in [0.15, 0.2) is 72.8 Å². The Bertz CT molecular complexity index is 1050. The Balaban J connectivity index is 1.37. The third-order valence-electron chi connectivity index (χ3n) is 5.67. The van der Waals surface area contributed by atoms with Gasteiger partial charge in [0.2, 0.25) is 0 Å². The van der Waals surface area contributed by atoms with Crippen molar-refractivity contribution in [2.45, 2.75) is 25.9 Å². The number of aliphatic hydroxyl groups is 1. The molecule has 5 nitrogen and oxygen atoms in total. The van der Waals surface area contributed by atoms with Crippen LogP contribution in [0.3, 0.4) is 0 Å². The summed E-state index contributed by atoms with van der Waals surface area (Å²) in [5.41, 5.74) is 3.50. The molecular weight excluding hydrogens is 404 g/mol. The third-order valence-corrected chi connectivity index (χ3v) is 5.67. The molecule has 1 aliphatic rings. The van der Waals surface area contributed by atoms with Crippen molar-refractivity contribution in [2.75, 3.05) is 19.8 Å². The van der Waals surface area contributed by atoms with Crippen LogP contribution in [0.4, 0.5) is 0 Å². The highest BCUT2D eigenvalue weighted by atomic mass is 16.5. The normalized spacial score (nSPS) is 17.2. The molecule has 32 heavy (non-hydrogen) atoms. The van der Waals surface area contributed by atoms with Crippen LogP contribution in [-0.2, 0) is 17.6 Å².